The quantitative estimate of drug-likeness (QED) is 0.401. The zero-order valence-corrected chi connectivity index (χ0v) is 20.5. The molecule has 39 heavy (non-hydrogen) atoms. The topological polar surface area (TPSA) is 124 Å². The number of allylic oxidation sites excluding steroid dienone is 2. The van der Waals surface area contributed by atoms with E-state index in [1.807, 2.05) is 0 Å². The molecule has 1 aromatic carbocycles. The number of benzene rings is 1. The molecule has 1 aliphatic carbocycles. The first-order valence-electron chi connectivity index (χ1n) is 11.9. The highest BCUT2D eigenvalue weighted by molar-refractivity contribution is 5.96. The van der Waals surface area contributed by atoms with Crippen LogP contribution < -0.4 is 16.0 Å². The van der Waals surface area contributed by atoms with E-state index in [9.17, 15) is 18.0 Å². The van der Waals surface area contributed by atoms with Crippen molar-refractivity contribution >= 4 is 34.4 Å². The molecule has 3 aromatic heterocycles. The number of rotatable bonds is 3. The smallest absolute Gasteiger partial charge is 0.414 e. The lowest BCUT2D eigenvalue weighted by Crippen LogP contribution is -2.39. The van der Waals surface area contributed by atoms with Gasteiger partial charge >= 0.3 is 6.09 Å². The molecule has 3 N–H and O–H groups in total. The Morgan fingerprint density at radius 1 is 1.23 bits per heavy atom. The van der Waals surface area contributed by atoms with Crippen LogP contribution in [0.5, 0.6) is 0 Å². The molecule has 1 aliphatic heterocycles. The highest BCUT2D eigenvalue weighted by Gasteiger charge is 2.32. The summed E-state index contributed by atoms with van der Waals surface area (Å²) in [5.74, 6) is -1.47. The van der Waals surface area contributed by atoms with Crippen LogP contribution in [0.3, 0.4) is 0 Å². The number of nitrogen functional groups attached to an aromatic ring is 1. The summed E-state index contributed by atoms with van der Waals surface area (Å²) in [4.78, 5) is 27.0. The van der Waals surface area contributed by atoms with E-state index in [1.165, 1.54) is 30.0 Å². The Balaban J connectivity index is 1.51. The lowest BCUT2D eigenvalue weighted by molar-refractivity contribution is 0.179. The Hall–Kier alpha value is -4.94. The third-order valence-corrected chi connectivity index (χ3v) is 6.58. The molecule has 13 heteroatoms. The van der Waals surface area contributed by atoms with Gasteiger partial charge in [-0.1, -0.05) is 24.3 Å². The predicted octanol–water partition coefficient (Wildman–Crippen LogP) is 4.21. The van der Waals surface area contributed by atoms with E-state index >= 15 is 0 Å². The maximum Gasteiger partial charge on any atom is 0.414 e. The van der Waals surface area contributed by atoms with E-state index in [0.29, 0.717) is 22.3 Å². The molecule has 4 heterocycles. The van der Waals surface area contributed by atoms with E-state index in [2.05, 4.69) is 25.4 Å². The van der Waals surface area contributed by atoms with Crippen LogP contribution in [0.1, 0.15) is 17.7 Å². The van der Waals surface area contributed by atoms with E-state index in [1.54, 1.807) is 24.3 Å². The number of halogens is 3. The van der Waals surface area contributed by atoms with Gasteiger partial charge in [0.15, 0.2) is 11.6 Å². The fourth-order valence-electron chi connectivity index (χ4n) is 4.75. The summed E-state index contributed by atoms with van der Waals surface area (Å²) >= 11 is 0. The van der Waals surface area contributed by atoms with Crippen molar-refractivity contribution in [2.45, 2.75) is 18.9 Å². The van der Waals surface area contributed by atoms with Crippen LogP contribution in [0.4, 0.5) is 35.3 Å². The van der Waals surface area contributed by atoms with Crippen molar-refractivity contribution in [2.75, 3.05) is 29.6 Å². The van der Waals surface area contributed by atoms with Crippen LogP contribution in [0, 0.1) is 11.6 Å². The molecule has 1 amide bonds. The van der Waals surface area contributed by atoms with Gasteiger partial charge in [0.25, 0.3) is 5.95 Å². The van der Waals surface area contributed by atoms with Crippen molar-refractivity contribution in [1.82, 2.24) is 24.7 Å². The second-order valence-corrected chi connectivity index (χ2v) is 9.08. The van der Waals surface area contributed by atoms with Crippen LogP contribution in [0.25, 0.3) is 17.0 Å². The van der Waals surface area contributed by atoms with Crippen molar-refractivity contribution in [2.24, 2.45) is 0 Å². The zero-order chi connectivity index (χ0) is 27.3. The second kappa shape index (κ2) is 9.42. The van der Waals surface area contributed by atoms with Crippen LogP contribution in [-0.2, 0) is 11.2 Å². The van der Waals surface area contributed by atoms with Gasteiger partial charge in [0, 0.05) is 12.5 Å². The summed E-state index contributed by atoms with van der Waals surface area (Å²) in [5, 5.41) is 7.72. The molecular formula is C26H21F3N8O2. The fourth-order valence-corrected chi connectivity index (χ4v) is 4.75. The SMILES string of the molecule is COC(=O)N1CC2=C(F)C=CC(C2)Nc2nc(-n3nc(Cc4ccccc4F)c4ncc(F)cc43)nc(N)c21. The number of pyridine rings is 1. The first-order valence-corrected chi connectivity index (χ1v) is 11.9. The maximum absolute atomic E-state index is 14.5. The molecule has 6 rings (SSSR count). The first-order chi connectivity index (χ1) is 18.8. The molecule has 1 atom stereocenters. The Labute approximate surface area is 219 Å². The van der Waals surface area contributed by atoms with Gasteiger partial charge in [0.05, 0.1) is 37.1 Å². The van der Waals surface area contributed by atoms with Crippen LogP contribution in [0.15, 0.2) is 60.1 Å². The Bertz CT molecular complexity index is 1700. The van der Waals surface area contributed by atoms with Gasteiger partial charge in [-0.3, -0.25) is 4.90 Å². The number of hydrogen-bond donors (Lipinski definition) is 2. The molecule has 0 spiro atoms. The average Bonchev–Trinajstić information content (AvgIpc) is 3.26. The maximum atomic E-state index is 14.5. The summed E-state index contributed by atoms with van der Waals surface area (Å²) in [6.07, 6.45) is 3.59. The van der Waals surface area contributed by atoms with Crippen molar-refractivity contribution in [1.29, 1.82) is 0 Å². The van der Waals surface area contributed by atoms with E-state index in [-0.39, 0.29) is 54.2 Å². The van der Waals surface area contributed by atoms with E-state index in [0.717, 1.165) is 11.1 Å². The number of methoxy groups -OCH3 is 1. The average molecular weight is 535 g/mol. The lowest BCUT2D eigenvalue weighted by atomic mass is 9.98. The first kappa shape index (κ1) is 24.4. The molecule has 2 bridgehead atoms. The summed E-state index contributed by atoms with van der Waals surface area (Å²) < 4.78 is 49.4. The van der Waals surface area contributed by atoms with Crippen molar-refractivity contribution in [3.05, 3.63) is 83.0 Å². The van der Waals surface area contributed by atoms with Crippen LogP contribution in [0.2, 0.25) is 0 Å². The summed E-state index contributed by atoms with van der Waals surface area (Å²) in [7, 11) is 1.20. The van der Waals surface area contributed by atoms with Crippen LogP contribution in [-0.4, -0.2) is 50.5 Å². The fraction of sp³-hybridized carbons (Fsp3) is 0.192. The number of carbonyl (C=O) groups is 1. The Kier molecular flexibility index (Phi) is 5.89. The molecule has 0 saturated carbocycles. The lowest BCUT2D eigenvalue weighted by Gasteiger charge is -2.32. The summed E-state index contributed by atoms with van der Waals surface area (Å²) in [5.41, 5.74) is 8.14. The van der Waals surface area contributed by atoms with Gasteiger partial charge < -0.3 is 15.8 Å². The highest BCUT2D eigenvalue weighted by Crippen LogP contribution is 2.37. The van der Waals surface area contributed by atoms with Crippen LogP contribution >= 0.6 is 0 Å². The third-order valence-electron chi connectivity index (χ3n) is 6.58. The molecule has 198 valence electrons. The van der Waals surface area contributed by atoms with Gasteiger partial charge in [-0.15, -0.1) is 0 Å². The van der Waals surface area contributed by atoms with Gasteiger partial charge in [0.2, 0.25) is 0 Å². The normalized spacial score (nSPS) is 16.5. The molecule has 0 saturated heterocycles. The molecule has 2 aliphatic rings. The number of ether oxygens (including phenoxy) is 1. The number of carbonyl (C=O) groups excluding carboxylic acids is 1. The summed E-state index contributed by atoms with van der Waals surface area (Å²) in [6.45, 7) is -0.118. The number of hydrogen-bond acceptors (Lipinski definition) is 8. The predicted molar refractivity (Wildman–Crippen MR) is 137 cm³/mol. The minimum atomic E-state index is -0.780. The number of anilines is 3. The molecule has 10 nitrogen and oxygen atoms in total. The van der Waals surface area contributed by atoms with Gasteiger partial charge in [-0.05, 0) is 29.7 Å². The van der Waals surface area contributed by atoms with E-state index in [4.69, 9.17) is 10.5 Å². The van der Waals surface area contributed by atoms with Crippen molar-refractivity contribution < 1.29 is 22.7 Å². The van der Waals surface area contributed by atoms with E-state index < -0.39 is 23.6 Å². The van der Waals surface area contributed by atoms with Gasteiger partial charge in [0.1, 0.15) is 28.7 Å². The minimum absolute atomic E-state index is 0.0388. The minimum Gasteiger partial charge on any atom is -0.452 e. The van der Waals surface area contributed by atoms with Gasteiger partial charge in [-0.2, -0.15) is 19.7 Å². The number of nitrogens with one attached hydrogen (secondary N) is 1. The number of fused-ring (bicyclic) bond motifs is 4. The Morgan fingerprint density at radius 2 is 2.05 bits per heavy atom. The molecule has 0 radical (unpaired) electrons. The molecule has 4 aromatic rings. The molecular weight excluding hydrogens is 513 g/mol. The number of nitrogens with two attached hydrogens (primary N) is 1. The molecule has 1 unspecified atom stereocenters. The zero-order valence-electron chi connectivity index (χ0n) is 20.5. The third kappa shape index (κ3) is 4.31. The second-order valence-electron chi connectivity index (χ2n) is 9.08. The number of aromatic nitrogens is 5. The summed E-state index contributed by atoms with van der Waals surface area (Å²) in [6, 6.07) is 7.12. The molecule has 0 fully saturated rings. The largest absolute Gasteiger partial charge is 0.452 e. The van der Waals surface area contributed by atoms with Crippen molar-refractivity contribution in [3.8, 4) is 5.95 Å². The standard InChI is InChI=1S/C26H21F3N8O2/c1-39-26(38)36-12-14-8-16(6-7-18(14)29)32-24-22(36)23(30)33-25(34-24)37-20-10-15(27)11-31-21(20)19(35-37)9-13-4-2-3-5-17(13)28/h2-7,10-11,16H,8-9,12H2,1H3,(H3,30,32,33,34). The van der Waals surface area contributed by atoms with Crippen molar-refractivity contribution in [3.63, 3.8) is 0 Å². The number of amides is 1. The monoisotopic (exact) mass is 534 g/mol. The van der Waals surface area contributed by atoms with Gasteiger partial charge in [-0.25, -0.2) is 22.9 Å². The number of nitrogens with zero attached hydrogens (tertiary/aromatic N) is 6. The Morgan fingerprint density at radius 3 is 2.85 bits per heavy atom. The highest BCUT2D eigenvalue weighted by atomic mass is 19.1.